The number of halogens is 1. The zero-order valence-electron chi connectivity index (χ0n) is 10.1. The highest BCUT2D eigenvalue weighted by atomic mass is 79.9. The van der Waals surface area contributed by atoms with Crippen LogP contribution >= 0.6 is 15.9 Å². The monoisotopic (exact) mass is 318 g/mol. The van der Waals surface area contributed by atoms with Gasteiger partial charge in [0, 0.05) is 25.1 Å². The summed E-state index contributed by atoms with van der Waals surface area (Å²) in [5.74, 6) is 0.415. The highest BCUT2D eigenvalue weighted by molar-refractivity contribution is 9.09. The summed E-state index contributed by atoms with van der Waals surface area (Å²) in [6.07, 6.45) is 0. The van der Waals surface area contributed by atoms with Crippen molar-refractivity contribution in [2.75, 3.05) is 32.2 Å². The van der Waals surface area contributed by atoms with E-state index in [9.17, 15) is 4.79 Å². The first-order chi connectivity index (χ1) is 8.76. The molecule has 0 aromatic carbocycles. The van der Waals surface area contributed by atoms with Gasteiger partial charge in [-0.1, -0.05) is 21.1 Å². The molecule has 1 aliphatic rings. The highest BCUT2D eigenvalue weighted by Gasteiger charge is 2.29. The van der Waals surface area contributed by atoms with Gasteiger partial charge >= 0.3 is 0 Å². The number of ether oxygens (including phenoxy) is 2. The summed E-state index contributed by atoms with van der Waals surface area (Å²) in [4.78, 5) is 14.0. The van der Waals surface area contributed by atoms with Gasteiger partial charge in [-0.15, -0.1) is 0 Å². The third kappa shape index (κ3) is 2.90. The van der Waals surface area contributed by atoms with Gasteiger partial charge in [-0.25, -0.2) is 0 Å². The first-order valence-electron chi connectivity index (χ1n) is 5.65. The number of carbonyl (C=O) groups is 1. The van der Waals surface area contributed by atoms with Crippen LogP contribution in [0.25, 0.3) is 0 Å². The van der Waals surface area contributed by atoms with Gasteiger partial charge in [0.25, 0.3) is 5.91 Å². The van der Waals surface area contributed by atoms with Gasteiger partial charge in [-0.3, -0.25) is 4.79 Å². The Kier molecular flexibility index (Phi) is 4.73. The minimum Gasteiger partial charge on any atom is -0.377 e. The molecule has 2 rings (SSSR count). The van der Waals surface area contributed by atoms with E-state index < -0.39 is 0 Å². The zero-order chi connectivity index (χ0) is 13.0. The van der Waals surface area contributed by atoms with Crippen molar-refractivity contribution in [2.45, 2.75) is 12.6 Å². The number of rotatable bonds is 4. The van der Waals surface area contributed by atoms with Crippen LogP contribution in [0.4, 0.5) is 0 Å². The van der Waals surface area contributed by atoms with Crippen molar-refractivity contribution in [3.63, 3.8) is 0 Å². The average molecular weight is 319 g/mol. The zero-order valence-corrected chi connectivity index (χ0v) is 11.7. The van der Waals surface area contributed by atoms with Crippen molar-refractivity contribution < 1.29 is 18.8 Å². The van der Waals surface area contributed by atoms with Crippen LogP contribution < -0.4 is 0 Å². The lowest BCUT2D eigenvalue weighted by Gasteiger charge is -2.33. The molecule has 6 nitrogen and oxygen atoms in total. The molecule has 7 heteroatoms. The van der Waals surface area contributed by atoms with Gasteiger partial charge in [0.15, 0.2) is 11.5 Å². The highest BCUT2D eigenvalue weighted by Crippen LogP contribution is 2.14. The number of alkyl halides is 1. The molecule has 0 bridgehead atoms. The minimum atomic E-state index is -0.131. The van der Waals surface area contributed by atoms with Gasteiger partial charge in [-0.2, -0.15) is 0 Å². The Morgan fingerprint density at radius 2 is 2.56 bits per heavy atom. The quantitative estimate of drug-likeness (QED) is 0.777. The molecule has 0 spiro atoms. The lowest BCUT2D eigenvalue weighted by atomic mass is 10.2. The molecule has 0 aliphatic carbocycles. The maximum Gasteiger partial charge on any atom is 0.276 e. The first-order valence-corrected chi connectivity index (χ1v) is 6.77. The number of carbonyl (C=O) groups excluding carboxylic acids is 1. The van der Waals surface area contributed by atoms with E-state index in [2.05, 4.69) is 21.1 Å². The van der Waals surface area contributed by atoms with Crippen LogP contribution in [-0.2, 0) is 16.1 Å². The molecule has 0 radical (unpaired) electrons. The summed E-state index contributed by atoms with van der Waals surface area (Å²) in [7, 11) is 1.56. The van der Waals surface area contributed by atoms with E-state index in [0.717, 1.165) is 0 Å². The number of morpholine rings is 1. The van der Waals surface area contributed by atoms with E-state index in [1.54, 1.807) is 18.1 Å². The van der Waals surface area contributed by atoms with E-state index in [0.29, 0.717) is 43.1 Å². The molecule has 1 saturated heterocycles. The molecular weight excluding hydrogens is 304 g/mol. The second-order valence-corrected chi connectivity index (χ2v) is 4.64. The number of hydrogen-bond acceptors (Lipinski definition) is 5. The molecule has 1 fully saturated rings. The fourth-order valence-electron chi connectivity index (χ4n) is 1.82. The summed E-state index contributed by atoms with van der Waals surface area (Å²) in [5.41, 5.74) is 0.315. The largest absolute Gasteiger partial charge is 0.377 e. The van der Waals surface area contributed by atoms with Gasteiger partial charge in [0.2, 0.25) is 0 Å². The summed E-state index contributed by atoms with van der Waals surface area (Å²) in [6, 6.07) is 1.65. The van der Waals surface area contributed by atoms with Crippen molar-refractivity contribution in [1.29, 1.82) is 0 Å². The standard InChI is InChI=1S/C11H15BrN2O4/c1-16-7-9-4-10(13-18-9)11(15)14-2-3-17-6-8(14)5-12/h4,8H,2-3,5-7H2,1H3. The molecule has 1 unspecified atom stereocenters. The van der Waals surface area contributed by atoms with E-state index in [1.807, 2.05) is 0 Å². The Balaban J connectivity index is 2.08. The third-order valence-electron chi connectivity index (χ3n) is 2.73. The Labute approximate surface area is 113 Å². The van der Waals surface area contributed by atoms with Crippen molar-refractivity contribution in [1.82, 2.24) is 10.1 Å². The maximum atomic E-state index is 12.3. The molecular formula is C11H15BrN2O4. The van der Waals surface area contributed by atoms with Gasteiger partial charge in [0.05, 0.1) is 19.3 Å². The van der Waals surface area contributed by atoms with Crippen LogP contribution in [0, 0.1) is 0 Å². The average Bonchev–Trinajstić information content (AvgIpc) is 2.87. The lowest BCUT2D eigenvalue weighted by molar-refractivity contribution is 0.00470. The predicted octanol–water partition coefficient (Wildman–Crippen LogP) is 1.06. The van der Waals surface area contributed by atoms with E-state index in [-0.39, 0.29) is 11.9 Å². The molecule has 1 atom stereocenters. The molecule has 2 heterocycles. The van der Waals surface area contributed by atoms with Crippen molar-refractivity contribution in [3.05, 3.63) is 17.5 Å². The Hall–Kier alpha value is -0.920. The maximum absolute atomic E-state index is 12.3. The van der Waals surface area contributed by atoms with Gasteiger partial charge in [0.1, 0.15) is 6.61 Å². The van der Waals surface area contributed by atoms with Crippen molar-refractivity contribution >= 4 is 21.8 Å². The van der Waals surface area contributed by atoms with Gasteiger partial charge in [-0.05, 0) is 0 Å². The van der Waals surface area contributed by atoms with Crippen LogP contribution in [0.15, 0.2) is 10.6 Å². The summed E-state index contributed by atoms with van der Waals surface area (Å²) < 4.78 is 15.3. The molecule has 1 aromatic heterocycles. The molecule has 0 saturated carbocycles. The summed E-state index contributed by atoms with van der Waals surface area (Å²) in [6.45, 7) is 1.98. The fraction of sp³-hybridized carbons (Fsp3) is 0.636. The van der Waals surface area contributed by atoms with E-state index >= 15 is 0 Å². The first kappa shape index (κ1) is 13.5. The third-order valence-corrected chi connectivity index (χ3v) is 3.48. The fourth-order valence-corrected chi connectivity index (χ4v) is 2.36. The topological polar surface area (TPSA) is 64.8 Å². The van der Waals surface area contributed by atoms with Crippen LogP contribution in [0.2, 0.25) is 0 Å². The number of aromatic nitrogens is 1. The molecule has 1 aromatic rings. The van der Waals surface area contributed by atoms with Gasteiger partial charge < -0.3 is 18.9 Å². The smallest absolute Gasteiger partial charge is 0.276 e. The van der Waals surface area contributed by atoms with Crippen LogP contribution in [0.5, 0.6) is 0 Å². The summed E-state index contributed by atoms with van der Waals surface area (Å²) in [5, 5.41) is 4.46. The van der Waals surface area contributed by atoms with E-state index in [1.165, 1.54) is 0 Å². The lowest BCUT2D eigenvalue weighted by Crippen LogP contribution is -2.49. The summed E-state index contributed by atoms with van der Waals surface area (Å²) >= 11 is 3.38. The minimum absolute atomic E-state index is 0.0359. The number of amides is 1. The molecule has 100 valence electrons. The number of nitrogens with zero attached hydrogens (tertiary/aromatic N) is 2. The van der Waals surface area contributed by atoms with E-state index in [4.69, 9.17) is 14.0 Å². The molecule has 1 amide bonds. The SMILES string of the molecule is COCc1cc(C(=O)N2CCOCC2CBr)no1. The van der Waals surface area contributed by atoms with Crippen LogP contribution in [0.1, 0.15) is 16.2 Å². The molecule has 18 heavy (non-hydrogen) atoms. The Morgan fingerprint density at radius 3 is 3.28 bits per heavy atom. The second kappa shape index (κ2) is 6.31. The normalized spacial score (nSPS) is 20.1. The molecule has 1 aliphatic heterocycles. The predicted molar refractivity (Wildman–Crippen MR) is 66.7 cm³/mol. The number of hydrogen-bond donors (Lipinski definition) is 0. The molecule has 0 N–H and O–H groups in total. The van der Waals surface area contributed by atoms with Crippen molar-refractivity contribution in [3.8, 4) is 0 Å². The van der Waals surface area contributed by atoms with Crippen molar-refractivity contribution in [2.24, 2.45) is 0 Å². The van der Waals surface area contributed by atoms with Crippen LogP contribution in [-0.4, -0.2) is 54.2 Å². The van der Waals surface area contributed by atoms with Crippen LogP contribution in [0.3, 0.4) is 0 Å². The second-order valence-electron chi connectivity index (χ2n) is 3.99. The Morgan fingerprint density at radius 1 is 1.72 bits per heavy atom. The Bertz CT molecular complexity index is 410. The number of methoxy groups -OCH3 is 1.